The van der Waals surface area contributed by atoms with Crippen LogP contribution in [-0.2, 0) is 16.0 Å². The molecule has 102 valence electrons. The van der Waals surface area contributed by atoms with Crippen molar-refractivity contribution in [1.82, 2.24) is 10.2 Å². The Hall–Kier alpha value is -1.88. The normalized spacial score (nSPS) is 18.7. The molecule has 0 saturated carbocycles. The van der Waals surface area contributed by atoms with Gasteiger partial charge in [0.05, 0.1) is 6.54 Å². The average molecular weight is 262 g/mol. The first-order chi connectivity index (χ1) is 9.13. The number of aliphatic carboxylic acids is 1. The van der Waals surface area contributed by atoms with Gasteiger partial charge in [0, 0.05) is 13.1 Å². The number of hydrogen-bond acceptors (Lipinski definition) is 3. The summed E-state index contributed by atoms with van der Waals surface area (Å²) in [5, 5.41) is 12.1. The number of fused-ring (bicyclic) bond motifs is 1. The maximum atomic E-state index is 11.6. The standard InChI is InChI=1S/C14H18N2O3/c1-2-15-12(17)9-16-8-7-10-5-3-4-6-11(10)13(16)14(18)19/h3-6,13H,2,7-9H2,1H3,(H,15,17)(H,18,19). The Kier molecular flexibility index (Phi) is 4.16. The molecule has 1 aromatic carbocycles. The van der Waals surface area contributed by atoms with Gasteiger partial charge in [-0.3, -0.25) is 14.5 Å². The van der Waals surface area contributed by atoms with Gasteiger partial charge >= 0.3 is 5.97 Å². The molecule has 1 heterocycles. The van der Waals surface area contributed by atoms with Crippen LogP contribution in [0.4, 0.5) is 0 Å². The highest BCUT2D eigenvalue weighted by Gasteiger charge is 2.33. The molecule has 0 fully saturated rings. The molecule has 1 aliphatic heterocycles. The highest BCUT2D eigenvalue weighted by molar-refractivity contribution is 5.81. The maximum absolute atomic E-state index is 11.6. The lowest BCUT2D eigenvalue weighted by Crippen LogP contribution is -2.45. The Bertz CT molecular complexity index is 487. The summed E-state index contributed by atoms with van der Waals surface area (Å²) in [5.74, 6) is -1.04. The minimum atomic E-state index is -0.906. The number of hydrogen-bond donors (Lipinski definition) is 2. The fourth-order valence-corrected chi connectivity index (χ4v) is 2.52. The van der Waals surface area contributed by atoms with Crippen LogP contribution in [0.25, 0.3) is 0 Å². The number of carbonyl (C=O) groups excluding carboxylic acids is 1. The SMILES string of the molecule is CCNC(=O)CN1CCc2ccccc2C1C(=O)O. The molecule has 5 heteroatoms. The van der Waals surface area contributed by atoms with Gasteiger partial charge in [-0.05, 0) is 24.5 Å². The number of nitrogens with zero attached hydrogens (tertiary/aromatic N) is 1. The van der Waals surface area contributed by atoms with Gasteiger partial charge in [-0.2, -0.15) is 0 Å². The second-order valence-corrected chi connectivity index (χ2v) is 4.61. The fraction of sp³-hybridized carbons (Fsp3) is 0.429. The Morgan fingerprint density at radius 2 is 2.16 bits per heavy atom. The van der Waals surface area contributed by atoms with Crippen molar-refractivity contribution in [1.29, 1.82) is 0 Å². The summed E-state index contributed by atoms with van der Waals surface area (Å²) >= 11 is 0. The number of rotatable bonds is 4. The van der Waals surface area contributed by atoms with Crippen LogP contribution in [0.5, 0.6) is 0 Å². The predicted octanol–water partition coefficient (Wildman–Crippen LogP) is 0.806. The summed E-state index contributed by atoms with van der Waals surface area (Å²) in [6, 6.07) is 6.81. The van der Waals surface area contributed by atoms with Crippen molar-refractivity contribution in [2.24, 2.45) is 0 Å². The van der Waals surface area contributed by atoms with Crippen molar-refractivity contribution in [2.75, 3.05) is 19.6 Å². The monoisotopic (exact) mass is 262 g/mol. The average Bonchev–Trinajstić information content (AvgIpc) is 2.38. The molecular weight excluding hydrogens is 244 g/mol. The number of likely N-dealkylation sites (N-methyl/N-ethyl adjacent to an activating group) is 1. The Balaban J connectivity index is 2.22. The Labute approximate surface area is 112 Å². The third kappa shape index (κ3) is 2.93. The van der Waals surface area contributed by atoms with Gasteiger partial charge < -0.3 is 10.4 Å². The third-order valence-corrected chi connectivity index (χ3v) is 3.34. The van der Waals surface area contributed by atoms with Crippen LogP contribution in [0.3, 0.4) is 0 Å². The predicted molar refractivity (Wildman–Crippen MR) is 70.8 cm³/mol. The van der Waals surface area contributed by atoms with E-state index in [9.17, 15) is 14.7 Å². The van der Waals surface area contributed by atoms with Crippen molar-refractivity contribution in [3.8, 4) is 0 Å². The van der Waals surface area contributed by atoms with E-state index in [1.54, 1.807) is 4.90 Å². The van der Waals surface area contributed by atoms with E-state index in [0.717, 1.165) is 17.5 Å². The summed E-state index contributed by atoms with van der Waals surface area (Å²) in [6.07, 6.45) is 0.777. The zero-order valence-corrected chi connectivity index (χ0v) is 10.9. The van der Waals surface area contributed by atoms with Gasteiger partial charge in [0.25, 0.3) is 0 Å². The summed E-state index contributed by atoms with van der Waals surface area (Å²) in [7, 11) is 0. The molecule has 1 atom stereocenters. The maximum Gasteiger partial charge on any atom is 0.325 e. The highest BCUT2D eigenvalue weighted by atomic mass is 16.4. The molecule has 0 radical (unpaired) electrons. The number of nitrogens with one attached hydrogen (secondary N) is 1. The first kappa shape index (κ1) is 13.5. The van der Waals surface area contributed by atoms with Crippen LogP contribution in [0, 0.1) is 0 Å². The highest BCUT2D eigenvalue weighted by Crippen LogP contribution is 2.29. The number of carboxylic acids is 1. The smallest absolute Gasteiger partial charge is 0.325 e. The lowest BCUT2D eigenvalue weighted by Gasteiger charge is -2.34. The van der Waals surface area contributed by atoms with E-state index < -0.39 is 12.0 Å². The van der Waals surface area contributed by atoms with Crippen LogP contribution < -0.4 is 5.32 Å². The number of carboxylic acid groups (broad SMARTS) is 1. The zero-order chi connectivity index (χ0) is 13.8. The summed E-state index contributed by atoms with van der Waals surface area (Å²) < 4.78 is 0. The van der Waals surface area contributed by atoms with Gasteiger partial charge in [-0.25, -0.2) is 0 Å². The summed E-state index contributed by atoms with van der Waals surface area (Å²) in [6.45, 7) is 3.11. The zero-order valence-electron chi connectivity index (χ0n) is 10.9. The summed E-state index contributed by atoms with van der Waals surface area (Å²) in [4.78, 5) is 24.9. The Morgan fingerprint density at radius 3 is 2.84 bits per heavy atom. The molecular formula is C14H18N2O3. The van der Waals surface area contributed by atoms with Crippen LogP contribution >= 0.6 is 0 Å². The van der Waals surface area contributed by atoms with E-state index >= 15 is 0 Å². The number of carbonyl (C=O) groups is 2. The van der Waals surface area contributed by atoms with Gasteiger partial charge in [0.2, 0.25) is 5.91 Å². The lowest BCUT2D eigenvalue weighted by atomic mass is 9.92. The first-order valence-electron chi connectivity index (χ1n) is 6.44. The van der Waals surface area contributed by atoms with Gasteiger partial charge in [-0.1, -0.05) is 24.3 Å². The fourth-order valence-electron chi connectivity index (χ4n) is 2.52. The van der Waals surface area contributed by atoms with Crippen molar-refractivity contribution < 1.29 is 14.7 Å². The topological polar surface area (TPSA) is 69.6 Å². The molecule has 5 nitrogen and oxygen atoms in total. The molecule has 0 aromatic heterocycles. The minimum absolute atomic E-state index is 0.124. The molecule has 0 aliphatic carbocycles. The quantitative estimate of drug-likeness (QED) is 0.842. The van der Waals surface area contributed by atoms with Crippen molar-refractivity contribution in [3.63, 3.8) is 0 Å². The second kappa shape index (κ2) is 5.84. The van der Waals surface area contributed by atoms with Gasteiger partial charge in [0.15, 0.2) is 0 Å². The summed E-state index contributed by atoms with van der Waals surface area (Å²) in [5.41, 5.74) is 1.85. The molecule has 2 N–H and O–H groups in total. The van der Waals surface area contributed by atoms with Crippen LogP contribution in [0.15, 0.2) is 24.3 Å². The molecule has 1 aliphatic rings. The Morgan fingerprint density at radius 1 is 1.42 bits per heavy atom. The molecule has 1 unspecified atom stereocenters. The lowest BCUT2D eigenvalue weighted by molar-refractivity contribution is -0.144. The van der Waals surface area contributed by atoms with E-state index in [4.69, 9.17) is 0 Å². The van der Waals surface area contributed by atoms with E-state index in [1.165, 1.54) is 0 Å². The molecule has 0 bridgehead atoms. The van der Waals surface area contributed by atoms with Gasteiger partial charge in [0.1, 0.15) is 6.04 Å². The molecule has 0 spiro atoms. The van der Waals surface area contributed by atoms with Crippen LogP contribution in [-0.4, -0.2) is 41.5 Å². The van der Waals surface area contributed by atoms with E-state index in [-0.39, 0.29) is 12.5 Å². The minimum Gasteiger partial charge on any atom is -0.480 e. The van der Waals surface area contributed by atoms with E-state index in [2.05, 4.69) is 5.32 Å². The van der Waals surface area contributed by atoms with Crippen LogP contribution in [0.1, 0.15) is 24.1 Å². The number of amides is 1. The van der Waals surface area contributed by atoms with E-state index in [0.29, 0.717) is 13.1 Å². The molecule has 19 heavy (non-hydrogen) atoms. The molecule has 0 saturated heterocycles. The molecule has 1 aromatic rings. The van der Waals surface area contributed by atoms with Crippen molar-refractivity contribution in [2.45, 2.75) is 19.4 Å². The van der Waals surface area contributed by atoms with Crippen molar-refractivity contribution in [3.05, 3.63) is 35.4 Å². The second-order valence-electron chi connectivity index (χ2n) is 4.61. The third-order valence-electron chi connectivity index (χ3n) is 3.34. The number of benzene rings is 1. The first-order valence-corrected chi connectivity index (χ1v) is 6.44. The van der Waals surface area contributed by atoms with Gasteiger partial charge in [-0.15, -0.1) is 0 Å². The van der Waals surface area contributed by atoms with Crippen LogP contribution in [0.2, 0.25) is 0 Å². The van der Waals surface area contributed by atoms with Crippen molar-refractivity contribution >= 4 is 11.9 Å². The molecule has 2 rings (SSSR count). The molecule has 1 amide bonds. The largest absolute Gasteiger partial charge is 0.480 e. The van der Waals surface area contributed by atoms with E-state index in [1.807, 2.05) is 31.2 Å².